The monoisotopic (exact) mass is 280 g/mol. The number of hydrogen-bond donors (Lipinski definition) is 1. The molecule has 1 aliphatic rings. The van der Waals surface area contributed by atoms with Gasteiger partial charge in [-0.05, 0) is 38.0 Å². The first-order chi connectivity index (χ1) is 9.01. The lowest BCUT2D eigenvalue weighted by molar-refractivity contribution is -0.128. The number of nitrogens with zero attached hydrogens (tertiary/aromatic N) is 1. The van der Waals surface area contributed by atoms with Crippen LogP contribution in [0.15, 0.2) is 24.3 Å². The first kappa shape index (κ1) is 13.9. The van der Waals surface area contributed by atoms with Crippen LogP contribution in [-0.2, 0) is 4.79 Å². The number of anilines is 1. The molecule has 0 spiro atoms. The molecular weight excluding hydrogens is 263 g/mol. The van der Waals surface area contributed by atoms with Crippen molar-refractivity contribution in [3.63, 3.8) is 0 Å². The van der Waals surface area contributed by atoms with Gasteiger partial charge in [0.05, 0.1) is 10.4 Å². The number of halogens is 1. The second-order valence-corrected chi connectivity index (χ2v) is 5.27. The van der Waals surface area contributed by atoms with Crippen molar-refractivity contribution in [2.24, 2.45) is 11.1 Å². The van der Waals surface area contributed by atoms with Crippen molar-refractivity contribution in [2.45, 2.75) is 26.2 Å². The third-order valence-electron chi connectivity index (χ3n) is 3.77. The van der Waals surface area contributed by atoms with E-state index in [-0.39, 0.29) is 16.7 Å². The molecule has 5 heteroatoms. The number of carbonyl (C=O) groups excluding carboxylic acids is 1. The highest BCUT2D eigenvalue weighted by atomic mass is 32.1. The van der Waals surface area contributed by atoms with E-state index in [1.807, 2.05) is 6.92 Å². The predicted molar refractivity (Wildman–Crippen MR) is 77.5 cm³/mol. The summed E-state index contributed by atoms with van der Waals surface area (Å²) in [5.41, 5.74) is 5.57. The third kappa shape index (κ3) is 2.34. The van der Waals surface area contributed by atoms with Crippen molar-refractivity contribution in [1.29, 1.82) is 0 Å². The van der Waals surface area contributed by atoms with Crippen LogP contribution in [0.1, 0.15) is 26.2 Å². The van der Waals surface area contributed by atoms with Crippen LogP contribution in [0.2, 0.25) is 0 Å². The molecule has 102 valence electrons. The lowest BCUT2D eigenvalue weighted by Crippen LogP contribution is -2.54. The summed E-state index contributed by atoms with van der Waals surface area (Å²) in [6.45, 7) is 2.32. The fourth-order valence-corrected chi connectivity index (χ4v) is 2.73. The molecule has 2 N–H and O–H groups in total. The molecule has 0 aromatic heterocycles. The lowest BCUT2D eigenvalue weighted by Gasteiger charge is -2.42. The van der Waals surface area contributed by atoms with Crippen molar-refractivity contribution >= 4 is 28.8 Å². The van der Waals surface area contributed by atoms with Crippen LogP contribution >= 0.6 is 12.2 Å². The maximum atomic E-state index is 13.3. The molecular formula is C14H17FN2OS. The Kier molecular flexibility index (Phi) is 3.85. The minimum Gasteiger partial charge on any atom is -0.392 e. The second kappa shape index (κ2) is 5.25. The van der Waals surface area contributed by atoms with Gasteiger partial charge in [0.2, 0.25) is 5.91 Å². The van der Waals surface area contributed by atoms with Gasteiger partial charge in [0.25, 0.3) is 0 Å². The van der Waals surface area contributed by atoms with Crippen LogP contribution in [0.3, 0.4) is 0 Å². The first-order valence-electron chi connectivity index (χ1n) is 6.38. The number of thiocarbonyl (C=S) groups is 1. The normalized spacial score (nSPS) is 16.5. The summed E-state index contributed by atoms with van der Waals surface area (Å²) >= 11 is 5.06. The van der Waals surface area contributed by atoms with E-state index in [9.17, 15) is 9.18 Å². The first-order valence-corrected chi connectivity index (χ1v) is 6.79. The van der Waals surface area contributed by atoms with E-state index < -0.39 is 5.41 Å². The Labute approximate surface area is 117 Å². The van der Waals surface area contributed by atoms with Crippen molar-refractivity contribution in [1.82, 2.24) is 0 Å². The molecule has 0 bridgehead atoms. The van der Waals surface area contributed by atoms with Gasteiger partial charge in [-0.2, -0.15) is 0 Å². The zero-order valence-electron chi connectivity index (χ0n) is 10.9. The lowest BCUT2D eigenvalue weighted by atomic mass is 9.67. The molecule has 1 amide bonds. The molecule has 19 heavy (non-hydrogen) atoms. The summed E-state index contributed by atoms with van der Waals surface area (Å²) in [5.74, 6) is -0.471. The number of carbonyl (C=O) groups is 1. The average molecular weight is 280 g/mol. The molecule has 0 saturated heterocycles. The van der Waals surface area contributed by atoms with Gasteiger partial charge in [0.1, 0.15) is 5.82 Å². The third-order valence-corrected chi connectivity index (χ3v) is 4.16. The molecule has 0 unspecified atom stereocenters. The smallest absolute Gasteiger partial charge is 0.240 e. The van der Waals surface area contributed by atoms with E-state index in [4.69, 9.17) is 18.0 Å². The Balaban J connectivity index is 2.32. The zero-order valence-corrected chi connectivity index (χ0v) is 11.7. The van der Waals surface area contributed by atoms with E-state index in [0.717, 1.165) is 6.42 Å². The second-order valence-electron chi connectivity index (χ2n) is 4.83. The fraction of sp³-hybridized carbons (Fsp3) is 0.429. The number of hydrogen-bond acceptors (Lipinski definition) is 2. The van der Waals surface area contributed by atoms with Crippen LogP contribution in [0, 0.1) is 11.2 Å². The van der Waals surface area contributed by atoms with E-state index in [1.165, 1.54) is 12.1 Å². The van der Waals surface area contributed by atoms with Gasteiger partial charge in [-0.1, -0.05) is 24.7 Å². The molecule has 0 atom stereocenters. The molecule has 0 heterocycles. The minimum atomic E-state index is -0.725. The molecule has 2 rings (SSSR count). The quantitative estimate of drug-likeness (QED) is 0.862. The van der Waals surface area contributed by atoms with Gasteiger partial charge in [-0.25, -0.2) is 4.39 Å². The highest BCUT2D eigenvalue weighted by molar-refractivity contribution is 7.80. The summed E-state index contributed by atoms with van der Waals surface area (Å²) < 4.78 is 13.3. The molecule has 0 aliphatic heterocycles. The SMILES string of the molecule is CCN(C(=O)C1(C(N)=S)CCC1)c1cccc(F)c1. The van der Waals surface area contributed by atoms with Crippen LogP contribution < -0.4 is 10.6 Å². The zero-order chi connectivity index (χ0) is 14.0. The number of benzene rings is 1. The topological polar surface area (TPSA) is 46.3 Å². The summed E-state index contributed by atoms with van der Waals surface area (Å²) in [6.07, 6.45) is 2.32. The van der Waals surface area contributed by atoms with Gasteiger partial charge in [0.15, 0.2) is 0 Å². The van der Waals surface area contributed by atoms with E-state index in [2.05, 4.69) is 0 Å². The van der Waals surface area contributed by atoms with Crippen LogP contribution in [0.5, 0.6) is 0 Å². The highest BCUT2D eigenvalue weighted by Crippen LogP contribution is 2.43. The molecule has 1 fully saturated rings. The largest absolute Gasteiger partial charge is 0.392 e. The minimum absolute atomic E-state index is 0.112. The Hall–Kier alpha value is -1.49. The van der Waals surface area contributed by atoms with Crippen molar-refractivity contribution in [3.05, 3.63) is 30.1 Å². The number of amides is 1. The number of rotatable bonds is 4. The van der Waals surface area contributed by atoms with Crippen LogP contribution in [0.4, 0.5) is 10.1 Å². The molecule has 1 aromatic rings. The number of nitrogens with two attached hydrogens (primary N) is 1. The molecule has 3 nitrogen and oxygen atoms in total. The van der Waals surface area contributed by atoms with Gasteiger partial charge < -0.3 is 10.6 Å². The molecule has 1 saturated carbocycles. The van der Waals surface area contributed by atoms with Crippen molar-refractivity contribution in [3.8, 4) is 0 Å². The van der Waals surface area contributed by atoms with Crippen molar-refractivity contribution in [2.75, 3.05) is 11.4 Å². The fourth-order valence-electron chi connectivity index (χ4n) is 2.44. The van der Waals surface area contributed by atoms with E-state index in [1.54, 1.807) is 17.0 Å². The maximum Gasteiger partial charge on any atom is 0.240 e. The summed E-state index contributed by atoms with van der Waals surface area (Å²) in [4.78, 5) is 14.5. The summed E-state index contributed by atoms with van der Waals surface area (Å²) in [6, 6.07) is 6.02. The molecule has 1 aromatic carbocycles. The van der Waals surface area contributed by atoms with Gasteiger partial charge in [-0.3, -0.25) is 4.79 Å². The summed E-state index contributed by atoms with van der Waals surface area (Å²) in [5, 5.41) is 0. The standard InChI is InChI=1S/C14H17FN2OS/c1-2-17(11-6-3-5-10(15)9-11)13(18)14(12(16)19)7-4-8-14/h3,5-6,9H,2,4,7-8H2,1H3,(H2,16,19). The van der Waals surface area contributed by atoms with Crippen LogP contribution in [-0.4, -0.2) is 17.4 Å². The Morgan fingerprint density at radius 1 is 1.53 bits per heavy atom. The highest BCUT2D eigenvalue weighted by Gasteiger charge is 2.48. The summed E-state index contributed by atoms with van der Waals surface area (Å²) in [7, 11) is 0. The van der Waals surface area contributed by atoms with Gasteiger partial charge >= 0.3 is 0 Å². The van der Waals surface area contributed by atoms with Gasteiger partial charge in [0, 0.05) is 12.2 Å². The Morgan fingerprint density at radius 2 is 2.21 bits per heavy atom. The molecule has 1 aliphatic carbocycles. The van der Waals surface area contributed by atoms with Gasteiger partial charge in [-0.15, -0.1) is 0 Å². The maximum absolute atomic E-state index is 13.3. The predicted octanol–water partition coefficient (Wildman–Crippen LogP) is 2.64. The Morgan fingerprint density at radius 3 is 2.63 bits per heavy atom. The molecule has 0 radical (unpaired) electrons. The van der Waals surface area contributed by atoms with E-state index >= 15 is 0 Å². The Bertz CT molecular complexity index is 514. The van der Waals surface area contributed by atoms with Crippen molar-refractivity contribution < 1.29 is 9.18 Å². The van der Waals surface area contributed by atoms with E-state index in [0.29, 0.717) is 25.1 Å². The van der Waals surface area contributed by atoms with Crippen LogP contribution in [0.25, 0.3) is 0 Å². The average Bonchev–Trinajstić information content (AvgIpc) is 2.27.